The molecule has 1 N–H and O–H groups in total. The first-order chi connectivity index (χ1) is 17.3. The zero-order valence-corrected chi connectivity index (χ0v) is 20.5. The van der Waals surface area contributed by atoms with Crippen LogP contribution in [0.3, 0.4) is 0 Å². The molecule has 0 spiro atoms. The summed E-state index contributed by atoms with van der Waals surface area (Å²) in [5.41, 5.74) is 1.97. The van der Waals surface area contributed by atoms with E-state index in [-0.39, 0.29) is 23.1 Å². The average Bonchev–Trinajstić information content (AvgIpc) is 3.34. The lowest BCUT2D eigenvalue weighted by atomic mass is 10.1. The fourth-order valence-corrected chi connectivity index (χ4v) is 3.81. The standard InChI is InChI=1S/C26H22N2O7S/c1-15-5-4-6-17(11-15)28-24(30)19(23(29)27-26(28)36)12-16-7-9-20(22(13-16)32-2)34-14-18-8-10-21(35-18)25(31)33-3/h4-13H,14H2,1-3H3,(H,27,29,36)/b19-12-. The summed E-state index contributed by atoms with van der Waals surface area (Å²) < 4.78 is 21.2. The van der Waals surface area contributed by atoms with Gasteiger partial charge in [0.15, 0.2) is 16.6 Å². The van der Waals surface area contributed by atoms with Crippen molar-refractivity contribution in [2.45, 2.75) is 13.5 Å². The molecule has 184 valence electrons. The van der Waals surface area contributed by atoms with Gasteiger partial charge in [0.05, 0.1) is 19.9 Å². The number of methoxy groups -OCH3 is 2. The van der Waals surface area contributed by atoms with Crippen molar-refractivity contribution in [3.05, 3.63) is 82.8 Å². The van der Waals surface area contributed by atoms with Crippen molar-refractivity contribution >= 4 is 46.9 Å². The van der Waals surface area contributed by atoms with Crippen LogP contribution in [0, 0.1) is 6.92 Å². The number of esters is 1. The summed E-state index contributed by atoms with van der Waals surface area (Å²) in [6.07, 6.45) is 1.46. The highest BCUT2D eigenvalue weighted by Crippen LogP contribution is 2.31. The number of nitrogens with zero attached hydrogens (tertiary/aromatic N) is 1. The number of furan rings is 1. The maximum absolute atomic E-state index is 13.2. The number of hydrogen-bond donors (Lipinski definition) is 1. The van der Waals surface area contributed by atoms with E-state index in [9.17, 15) is 14.4 Å². The van der Waals surface area contributed by atoms with Gasteiger partial charge in [-0.2, -0.15) is 0 Å². The molecule has 3 aromatic rings. The molecule has 0 saturated carbocycles. The first-order valence-corrected chi connectivity index (χ1v) is 11.2. The van der Waals surface area contributed by atoms with Gasteiger partial charge < -0.3 is 18.6 Å². The molecule has 2 amide bonds. The first kappa shape index (κ1) is 24.7. The molecule has 0 atom stereocenters. The summed E-state index contributed by atoms with van der Waals surface area (Å²) in [7, 11) is 2.74. The molecule has 10 heteroatoms. The zero-order chi connectivity index (χ0) is 25.8. The van der Waals surface area contributed by atoms with E-state index in [1.54, 1.807) is 30.3 Å². The Kier molecular flexibility index (Phi) is 7.16. The third kappa shape index (κ3) is 5.13. The number of ether oxygens (including phenoxy) is 3. The van der Waals surface area contributed by atoms with Gasteiger partial charge in [-0.3, -0.25) is 19.8 Å². The van der Waals surface area contributed by atoms with Crippen LogP contribution in [0.4, 0.5) is 5.69 Å². The highest BCUT2D eigenvalue weighted by molar-refractivity contribution is 7.80. The first-order valence-electron chi connectivity index (χ1n) is 10.8. The number of hydrogen-bond acceptors (Lipinski definition) is 8. The van der Waals surface area contributed by atoms with Crippen LogP contribution >= 0.6 is 12.2 Å². The smallest absolute Gasteiger partial charge is 0.373 e. The average molecular weight is 507 g/mol. The Morgan fingerprint density at radius 1 is 1.08 bits per heavy atom. The minimum Gasteiger partial charge on any atom is -0.493 e. The van der Waals surface area contributed by atoms with Crippen LogP contribution in [-0.2, 0) is 20.9 Å². The van der Waals surface area contributed by atoms with Gasteiger partial charge in [-0.15, -0.1) is 0 Å². The third-order valence-electron chi connectivity index (χ3n) is 5.28. The van der Waals surface area contributed by atoms with E-state index in [2.05, 4.69) is 10.1 Å². The summed E-state index contributed by atoms with van der Waals surface area (Å²) in [5.74, 6) is -0.448. The molecule has 0 bridgehead atoms. The molecule has 1 fully saturated rings. The van der Waals surface area contributed by atoms with Crippen molar-refractivity contribution in [1.29, 1.82) is 0 Å². The number of carbonyl (C=O) groups excluding carboxylic acids is 3. The highest BCUT2D eigenvalue weighted by Gasteiger charge is 2.34. The highest BCUT2D eigenvalue weighted by atomic mass is 32.1. The largest absolute Gasteiger partial charge is 0.493 e. The number of carbonyl (C=O) groups is 3. The van der Waals surface area contributed by atoms with Crippen molar-refractivity contribution in [3.8, 4) is 11.5 Å². The molecule has 9 nitrogen and oxygen atoms in total. The molecule has 1 saturated heterocycles. The Bertz CT molecular complexity index is 1390. The van der Waals surface area contributed by atoms with E-state index in [0.29, 0.717) is 28.5 Å². The van der Waals surface area contributed by atoms with E-state index in [0.717, 1.165) is 5.56 Å². The van der Waals surface area contributed by atoms with E-state index in [4.69, 9.17) is 26.1 Å². The van der Waals surface area contributed by atoms with Gasteiger partial charge in [-0.25, -0.2) is 4.79 Å². The van der Waals surface area contributed by atoms with Gasteiger partial charge in [-0.05, 0) is 72.7 Å². The molecule has 0 aliphatic carbocycles. The van der Waals surface area contributed by atoms with Crippen molar-refractivity contribution in [1.82, 2.24) is 5.32 Å². The van der Waals surface area contributed by atoms with Crippen LogP contribution in [0.15, 0.2) is 64.6 Å². The minimum atomic E-state index is -0.590. The van der Waals surface area contributed by atoms with Gasteiger partial charge >= 0.3 is 5.97 Å². The Balaban J connectivity index is 1.56. The predicted molar refractivity (Wildman–Crippen MR) is 135 cm³/mol. The topological polar surface area (TPSA) is 107 Å². The molecule has 2 heterocycles. The molecule has 4 rings (SSSR count). The SMILES string of the molecule is COC(=O)c1ccc(COc2ccc(/C=C3/C(=O)NC(=S)N(c4cccc(C)c4)C3=O)cc2OC)o1. The van der Waals surface area contributed by atoms with Gasteiger partial charge in [0, 0.05) is 0 Å². The maximum Gasteiger partial charge on any atom is 0.373 e. The zero-order valence-electron chi connectivity index (χ0n) is 19.7. The van der Waals surface area contributed by atoms with Crippen molar-refractivity contribution in [2.24, 2.45) is 0 Å². The fourth-order valence-electron chi connectivity index (χ4n) is 3.53. The molecule has 1 aliphatic rings. The van der Waals surface area contributed by atoms with Gasteiger partial charge in [-0.1, -0.05) is 18.2 Å². The van der Waals surface area contributed by atoms with Crippen LogP contribution in [-0.4, -0.2) is 37.1 Å². The molecular formula is C26H22N2O7S. The van der Waals surface area contributed by atoms with Crippen LogP contribution < -0.4 is 19.7 Å². The number of amides is 2. The van der Waals surface area contributed by atoms with Gasteiger partial charge in [0.2, 0.25) is 5.76 Å². The molecule has 1 aromatic heterocycles. The monoisotopic (exact) mass is 506 g/mol. The van der Waals surface area contributed by atoms with Gasteiger partial charge in [0.1, 0.15) is 17.9 Å². The Labute approximate surface area is 212 Å². The summed E-state index contributed by atoms with van der Waals surface area (Å²) in [6.45, 7) is 1.94. The van der Waals surface area contributed by atoms with Crippen molar-refractivity contribution < 1.29 is 33.0 Å². The number of anilines is 1. The minimum absolute atomic E-state index is 0.0161. The lowest BCUT2D eigenvalue weighted by molar-refractivity contribution is -0.122. The Morgan fingerprint density at radius 3 is 2.61 bits per heavy atom. The number of nitrogens with one attached hydrogen (secondary N) is 1. The molecule has 36 heavy (non-hydrogen) atoms. The van der Waals surface area contributed by atoms with Gasteiger partial charge in [0.25, 0.3) is 11.8 Å². The van der Waals surface area contributed by atoms with E-state index < -0.39 is 17.8 Å². The predicted octanol–water partition coefficient (Wildman–Crippen LogP) is 3.79. The van der Waals surface area contributed by atoms with Crippen LogP contribution in [0.1, 0.15) is 27.4 Å². The summed E-state index contributed by atoms with van der Waals surface area (Å²) in [5, 5.41) is 2.59. The van der Waals surface area contributed by atoms with Crippen LogP contribution in [0.25, 0.3) is 6.08 Å². The maximum atomic E-state index is 13.2. The van der Waals surface area contributed by atoms with E-state index in [1.165, 1.54) is 31.3 Å². The number of aryl methyl sites for hydroxylation is 1. The molecule has 2 aromatic carbocycles. The number of benzene rings is 2. The molecule has 0 unspecified atom stereocenters. The molecule has 1 aliphatic heterocycles. The Hall–Kier alpha value is -4.44. The summed E-state index contributed by atoms with van der Waals surface area (Å²) in [4.78, 5) is 38.7. The third-order valence-corrected chi connectivity index (χ3v) is 5.56. The second-order valence-electron chi connectivity index (χ2n) is 7.75. The second kappa shape index (κ2) is 10.4. The number of thiocarbonyl (C=S) groups is 1. The van der Waals surface area contributed by atoms with E-state index >= 15 is 0 Å². The molecular weight excluding hydrogens is 484 g/mol. The lowest BCUT2D eigenvalue weighted by Gasteiger charge is -2.29. The quantitative estimate of drug-likeness (QED) is 0.223. The fraction of sp³-hybridized carbons (Fsp3) is 0.154. The normalized spacial score (nSPS) is 14.6. The van der Waals surface area contributed by atoms with Crippen LogP contribution in [0.2, 0.25) is 0 Å². The van der Waals surface area contributed by atoms with E-state index in [1.807, 2.05) is 25.1 Å². The number of rotatable bonds is 7. The Morgan fingerprint density at radius 2 is 1.89 bits per heavy atom. The second-order valence-corrected chi connectivity index (χ2v) is 8.14. The summed E-state index contributed by atoms with van der Waals surface area (Å²) >= 11 is 5.25. The lowest BCUT2D eigenvalue weighted by Crippen LogP contribution is -2.54. The van der Waals surface area contributed by atoms with Crippen molar-refractivity contribution in [3.63, 3.8) is 0 Å². The summed E-state index contributed by atoms with van der Waals surface area (Å²) in [6, 6.07) is 15.3. The van der Waals surface area contributed by atoms with Crippen LogP contribution in [0.5, 0.6) is 11.5 Å². The molecule has 0 radical (unpaired) electrons. The van der Waals surface area contributed by atoms with Crippen molar-refractivity contribution in [2.75, 3.05) is 19.1 Å².